The van der Waals surface area contributed by atoms with Gasteiger partial charge in [0, 0.05) is 0 Å². The minimum Gasteiger partial charge on any atom is -0.480 e. The number of nitrogens with one attached hydrogen (secondary N) is 1. The molecule has 1 fully saturated rings. The highest BCUT2D eigenvalue weighted by molar-refractivity contribution is 5.73. The van der Waals surface area contributed by atoms with Crippen LogP contribution in [0.4, 0.5) is 0 Å². The molecule has 1 aliphatic heterocycles. The van der Waals surface area contributed by atoms with Gasteiger partial charge in [-0.3, -0.25) is 4.79 Å². The van der Waals surface area contributed by atoms with Crippen LogP contribution in [0.15, 0.2) is 0 Å². The Morgan fingerprint density at radius 2 is 2.42 bits per heavy atom. The summed E-state index contributed by atoms with van der Waals surface area (Å²) in [7, 11) is 0. The van der Waals surface area contributed by atoms with Crippen LogP contribution >= 0.6 is 0 Å². The Balaban J connectivity index is 2.40. The highest BCUT2D eigenvalue weighted by Gasteiger charge is 2.31. The van der Waals surface area contributed by atoms with E-state index in [-0.39, 0.29) is 6.04 Å². The average molecular weight is 171 g/mol. The SMILES string of the molecule is CCC(C)C1CNC(C(=O)O)C1. The van der Waals surface area contributed by atoms with Crippen molar-refractivity contribution in [1.29, 1.82) is 0 Å². The molecule has 0 aromatic heterocycles. The topological polar surface area (TPSA) is 49.3 Å². The summed E-state index contributed by atoms with van der Waals surface area (Å²) in [5.74, 6) is 0.485. The van der Waals surface area contributed by atoms with Crippen molar-refractivity contribution in [2.45, 2.75) is 32.7 Å². The maximum Gasteiger partial charge on any atom is 0.320 e. The van der Waals surface area contributed by atoms with E-state index in [1.165, 1.54) is 0 Å². The van der Waals surface area contributed by atoms with Crippen LogP contribution in [0, 0.1) is 11.8 Å². The van der Waals surface area contributed by atoms with Gasteiger partial charge in [-0.2, -0.15) is 0 Å². The first kappa shape index (κ1) is 9.52. The zero-order valence-electron chi connectivity index (χ0n) is 7.71. The van der Waals surface area contributed by atoms with Crippen molar-refractivity contribution >= 4 is 5.97 Å². The molecule has 12 heavy (non-hydrogen) atoms. The van der Waals surface area contributed by atoms with Crippen LogP contribution in [0.25, 0.3) is 0 Å². The Kier molecular flexibility index (Phi) is 3.09. The van der Waals surface area contributed by atoms with Crippen molar-refractivity contribution in [2.24, 2.45) is 11.8 Å². The lowest BCUT2D eigenvalue weighted by molar-refractivity contribution is -0.139. The Bertz CT molecular complexity index is 170. The van der Waals surface area contributed by atoms with Gasteiger partial charge in [-0.05, 0) is 24.8 Å². The number of carboxylic acids is 1. The molecule has 1 saturated heterocycles. The van der Waals surface area contributed by atoms with E-state index >= 15 is 0 Å². The molecule has 0 radical (unpaired) electrons. The monoisotopic (exact) mass is 171 g/mol. The summed E-state index contributed by atoms with van der Waals surface area (Å²) in [6, 6.07) is -0.302. The lowest BCUT2D eigenvalue weighted by atomic mass is 9.90. The average Bonchev–Trinajstić information content (AvgIpc) is 2.51. The molecule has 1 rings (SSSR count). The lowest BCUT2D eigenvalue weighted by Crippen LogP contribution is -2.29. The third kappa shape index (κ3) is 1.97. The summed E-state index contributed by atoms with van der Waals surface area (Å²) in [6.45, 7) is 5.21. The summed E-state index contributed by atoms with van der Waals surface area (Å²) < 4.78 is 0. The third-order valence-electron chi connectivity index (χ3n) is 2.91. The summed E-state index contributed by atoms with van der Waals surface area (Å²) in [4.78, 5) is 10.6. The Labute approximate surface area is 73.2 Å². The van der Waals surface area contributed by atoms with Crippen LogP contribution < -0.4 is 5.32 Å². The summed E-state index contributed by atoms with van der Waals surface area (Å²) in [6.07, 6.45) is 1.93. The van der Waals surface area contributed by atoms with Gasteiger partial charge in [-0.1, -0.05) is 20.3 Å². The smallest absolute Gasteiger partial charge is 0.320 e. The molecule has 0 bridgehead atoms. The fourth-order valence-corrected chi connectivity index (χ4v) is 1.72. The third-order valence-corrected chi connectivity index (χ3v) is 2.91. The maximum atomic E-state index is 10.6. The molecule has 3 unspecified atom stereocenters. The first-order valence-electron chi connectivity index (χ1n) is 4.61. The molecule has 0 amide bonds. The predicted octanol–water partition coefficient (Wildman–Crippen LogP) is 1.10. The van der Waals surface area contributed by atoms with Gasteiger partial charge in [-0.25, -0.2) is 0 Å². The van der Waals surface area contributed by atoms with E-state index in [0.717, 1.165) is 19.4 Å². The van der Waals surface area contributed by atoms with Crippen LogP contribution in [0.2, 0.25) is 0 Å². The summed E-state index contributed by atoms with van der Waals surface area (Å²) in [5, 5.41) is 11.7. The minimum absolute atomic E-state index is 0.302. The molecule has 3 nitrogen and oxygen atoms in total. The van der Waals surface area contributed by atoms with Crippen molar-refractivity contribution < 1.29 is 9.90 Å². The van der Waals surface area contributed by atoms with Crippen molar-refractivity contribution in [1.82, 2.24) is 5.32 Å². The van der Waals surface area contributed by atoms with Crippen LogP contribution in [0.5, 0.6) is 0 Å². The quantitative estimate of drug-likeness (QED) is 0.668. The number of carboxylic acid groups (broad SMARTS) is 1. The van der Waals surface area contributed by atoms with Gasteiger partial charge in [0.25, 0.3) is 0 Å². The first-order valence-corrected chi connectivity index (χ1v) is 4.61. The van der Waals surface area contributed by atoms with Gasteiger partial charge in [-0.15, -0.1) is 0 Å². The van der Waals surface area contributed by atoms with E-state index in [2.05, 4.69) is 19.2 Å². The molecule has 3 heteroatoms. The van der Waals surface area contributed by atoms with Crippen molar-refractivity contribution in [3.8, 4) is 0 Å². The normalized spacial score (nSPS) is 31.8. The molecule has 1 aliphatic rings. The predicted molar refractivity (Wildman–Crippen MR) is 47.0 cm³/mol. The number of rotatable bonds is 3. The zero-order chi connectivity index (χ0) is 9.14. The molecule has 0 aliphatic carbocycles. The van der Waals surface area contributed by atoms with Crippen molar-refractivity contribution in [2.75, 3.05) is 6.54 Å². The van der Waals surface area contributed by atoms with Crippen molar-refractivity contribution in [3.63, 3.8) is 0 Å². The zero-order valence-corrected chi connectivity index (χ0v) is 7.71. The van der Waals surface area contributed by atoms with E-state index in [1.807, 2.05) is 0 Å². The van der Waals surface area contributed by atoms with Gasteiger partial charge in [0.15, 0.2) is 0 Å². The van der Waals surface area contributed by atoms with Crippen LogP contribution in [0.1, 0.15) is 26.7 Å². The number of hydrogen-bond acceptors (Lipinski definition) is 2. The Hall–Kier alpha value is -0.570. The second-order valence-corrected chi connectivity index (χ2v) is 3.68. The van der Waals surface area contributed by atoms with Gasteiger partial charge in [0.1, 0.15) is 6.04 Å². The van der Waals surface area contributed by atoms with Crippen LogP contribution in [0.3, 0.4) is 0 Å². The lowest BCUT2D eigenvalue weighted by Gasteiger charge is -2.15. The van der Waals surface area contributed by atoms with Crippen molar-refractivity contribution in [3.05, 3.63) is 0 Å². The summed E-state index contributed by atoms with van der Waals surface area (Å²) in [5.41, 5.74) is 0. The molecule has 2 N–H and O–H groups in total. The molecular formula is C9H17NO2. The summed E-state index contributed by atoms with van der Waals surface area (Å²) >= 11 is 0. The molecule has 1 heterocycles. The highest BCUT2D eigenvalue weighted by atomic mass is 16.4. The molecular weight excluding hydrogens is 154 g/mol. The highest BCUT2D eigenvalue weighted by Crippen LogP contribution is 2.24. The van der Waals surface area contributed by atoms with Gasteiger partial charge < -0.3 is 10.4 Å². The minimum atomic E-state index is -0.708. The molecule has 0 saturated carbocycles. The van der Waals surface area contributed by atoms with Crippen LogP contribution in [-0.2, 0) is 4.79 Å². The van der Waals surface area contributed by atoms with E-state index in [9.17, 15) is 4.79 Å². The van der Waals surface area contributed by atoms with Gasteiger partial charge in [0.2, 0.25) is 0 Å². The van der Waals surface area contributed by atoms with Gasteiger partial charge >= 0.3 is 5.97 Å². The first-order chi connectivity index (χ1) is 5.65. The second-order valence-electron chi connectivity index (χ2n) is 3.68. The number of aliphatic carboxylic acids is 1. The van der Waals surface area contributed by atoms with Gasteiger partial charge in [0.05, 0.1) is 0 Å². The van der Waals surface area contributed by atoms with E-state index in [1.54, 1.807) is 0 Å². The number of hydrogen-bond donors (Lipinski definition) is 2. The fourth-order valence-electron chi connectivity index (χ4n) is 1.72. The molecule has 3 atom stereocenters. The molecule has 0 spiro atoms. The maximum absolute atomic E-state index is 10.6. The standard InChI is InChI=1S/C9H17NO2/c1-3-6(2)7-4-8(9(11)12)10-5-7/h6-8,10H,3-5H2,1-2H3,(H,11,12). The Morgan fingerprint density at radius 1 is 1.75 bits per heavy atom. The van der Waals surface area contributed by atoms with E-state index in [0.29, 0.717) is 11.8 Å². The fraction of sp³-hybridized carbons (Fsp3) is 0.889. The Morgan fingerprint density at radius 3 is 2.83 bits per heavy atom. The largest absolute Gasteiger partial charge is 0.480 e. The molecule has 0 aromatic rings. The second kappa shape index (κ2) is 3.90. The van der Waals surface area contributed by atoms with Crippen LogP contribution in [-0.4, -0.2) is 23.7 Å². The van der Waals surface area contributed by atoms with E-state index in [4.69, 9.17) is 5.11 Å². The molecule has 0 aromatic carbocycles. The molecule has 70 valence electrons. The van der Waals surface area contributed by atoms with E-state index < -0.39 is 5.97 Å². The number of carbonyl (C=O) groups is 1.